The van der Waals surface area contributed by atoms with Crippen LogP contribution in [-0.2, 0) is 17.7 Å². The Morgan fingerprint density at radius 1 is 1.14 bits per heavy atom. The fourth-order valence-electron chi connectivity index (χ4n) is 5.02. The first-order valence-corrected chi connectivity index (χ1v) is 13.7. The molecule has 0 unspecified atom stereocenters. The Morgan fingerprint density at radius 3 is 2.60 bits per heavy atom. The van der Waals surface area contributed by atoms with E-state index in [2.05, 4.69) is 34.9 Å². The summed E-state index contributed by atoms with van der Waals surface area (Å²) in [6.07, 6.45) is 3.36. The number of ether oxygens (including phenoxy) is 1. The third-order valence-corrected chi connectivity index (χ3v) is 8.15. The predicted octanol–water partition coefficient (Wildman–Crippen LogP) is 2.99. The number of aromatic nitrogens is 2. The van der Waals surface area contributed by atoms with Crippen molar-refractivity contribution in [2.45, 2.75) is 75.8 Å². The molecule has 0 aromatic carbocycles. The number of likely N-dealkylation sites (tertiary alicyclic amines) is 1. The second-order valence-electron chi connectivity index (χ2n) is 10.9. The van der Waals surface area contributed by atoms with E-state index in [-0.39, 0.29) is 12.1 Å². The molecule has 0 aliphatic carbocycles. The van der Waals surface area contributed by atoms with Gasteiger partial charge in [-0.1, -0.05) is 11.8 Å². The first-order chi connectivity index (χ1) is 16.6. The van der Waals surface area contributed by atoms with Gasteiger partial charge in [0.2, 0.25) is 0 Å². The summed E-state index contributed by atoms with van der Waals surface area (Å²) in [5.74, 6) is 1.95. The van der Waals surface area contributed by atoms with Crippen LogP contribution in [0.3, 0.4) is 0 Å². The van der Waals surface area contributed by atoms with E-state index >= 15 is 0 Å². The number of fused-ring (bicyclic) bond motifs is 1. The van der Waals surface area contributed by atoms with Gasteiger partial charge < -0.3 is 19.4 Å². The summed E-state index contributed by atoms with van der Waals surface area (Å²) in [6, 6.07) is 3.07. The van der Waals surface area contributed by atoms with Gasteiger partial charge in [0, 0.05) is 49.6 Å². The average Bonchev–Trinajstić information content (AvgIpc) is 3.22. The maximum atomic E-state index is 12.8. The number of rotatable bonds is 5. The van der Waals surface area contributed by atoms with Crippen molar-refractivity contribution in [3.63, 3.8) is 0 Å². The molecule has 3 aliphatic heterocycles. The number of piperazine rings is 1. The van der Waals surface area contributed by atoms with Gasteiger partial charge >= 0.3 is 6.09 Å². The fourth-order valence-corrected chi connectivity index (χ4v) is 6.11. The highest BCUT2D eigenvalue weighted by molar-refractivity contribution is 7.99. The van der Waals surface area contributed by atoms with Gasteiger partial charge in [0.05, 0.1) is 24.7 Å². The molecule has 1 aromatic heterocycles. The van der Waals surface area contributed by atoms with E-state index in [4.69, 9.17) is 14.7 Å². The lowest BCUT2D eigenvalue weighted by molar-refractivity contribution is 0.0220. The number of amides is 1. The molecular weight excluding hydrogens is 462 g/mol. The summed E-state index contributed by atoms with van der Waals surface area (Å²) in [6.45, 7) is 10.4. The van der Waals surface area contributed by atoms with Crippen LogP contribution in [0.15, 0.2) is 5.16 Å². The zero-order valence-electron chi connectivity index (χ0n) is 21.8. The van der Waals surface area contributed by atoms with Gasteiger partial charge in [0.25, 0.3) is 0 Å². The normalized spacial score (nSPS) is 23.8. The molecule has 35 heavy (non-hydrogen) atoms. The van der Waals surface area contributed by atoms with Crippen molar-refractivity contribution < 1.29 is 9.53 Å². The molecule has 10 heteroatoms. The van der Waals surface area contributed by atoms with Gasteiger partial charge in [-0.05, 0) is 60.7 Å². The topological polar surface area (TPSA) is 88.8 Å². The van der Waals surface area contributed by atoms with E-state index in [1.807, 2.05) is 20.8 Å². The van der Waals surface area contributed by atoms with Gasteiger partial charge in [-0.3, -0.25) is 4.90 Å². The highest BCUT2D eigenvalue weighted by Crippen LogP contribution is 2.32. The molecule has 9 nitrogen and oxygen atoms in total. The standard InChI is InChI=1S/C25H39N7O2S/c1-25(2,3)34-24(33)32-12-9-20-21(16-32)27-23(35-17-19-7-6-11-29(19)4)28-22(20)31-14-13-30(5)18(15-31)8-10-26/h18-19H,6-9,11-17H2,1-5H3/t18-,19-/m0/s1. The van der Waals surface area contributed by atoms with Gasteiger partial charge in [0.15, 0.2) is 5.16 Å². The largest absolute Gasteiger partial charge is 0.444 e. The summed E-state index contributed by atoms with van der Waals surface area (Å²) in [7, 11) is 4.28. The third-order valence-electron chi connectivity index (χ3n) is 7.15. The molecule has 0 N–H and O–H groups in total. The minimum Gasteiger partial charge on any atom is -0.444 e. The number of carbonyl (C=O) groups is 1. The first kappa shape index (κ1) is 26.0. The van der Waals surface area contributed by atoms with Crippen LogP contribution in [0, 0.1) is 11.3 Å². The number of nitriles is 1. The van der Waals surface area contributed by atoms with Crippen molar-refractivity contribution >= 4 is 23.7 Å². The summed E-state index contributed by atoms with van der Waals surface area (Å²) in [5, 5.41) is 10.1. The van der Waals surface area contributed by atoms with E-state index in [1.165, 1.54) is 12.8 Å². The Bertz CT molecular complexity index is 960. The van der Waals surface area contributed by atoms with Crippen LogP contribution in [0.25, 0.3) is 0 Å². The number of nitrogens with zero attached hydrogens (tertiary/aromatic N) is 7. The number of carbonyl (C=O) groups excluding carboxylic acids is 1. The van der Waals surface area contributed by atoms with Crippen LogP contribution in [-0.4, -0.2) is 101 Å². The van der Waals surface area contributed by atoms with E-state index in [0.717, 1.165) is 54.2 Å². The van der Waals surface area contributed by atoms with Crippen LogP contribution < -0.4 is 4.90 Å². The van der Waals surface area contributed by atoms with Gasteiger partial charge in [-0.2, -0.15) is 5.26 Å². The molecule has 0 saturated carbocycles. The Balaban J connectivity index is 1.59. The van der Waals surface area contributed by atoms with Crippen molar-refractivity contribution in [1.29, 1.82) is 5.26 Å². The van der Waals surface area contributed by atoms with Crippen LogP contribution >= 0.6 is 11.8 Å². The summed E-state index contributed by atoms with van der Waals surface area (Å²) in [5.41, 5.74) is 1.52. The zero-order valence-corrected chi connectivity index (χ0v) is 22.6. The second kappa shape index (κ2) is 10.9. The molecular formula is C25H39N7O2S. The summed E-state index contributed by atoms with van der Waals surface area (Å²) >= 11 is 1.72. The highest BCUT2D eigenvalue weighted by atomic mass is 32.2. The van der Waals surface area contributed by atoms with Crippen molar-refractivity contribution in [3.05, 3.63) is 11.3 Å². The van der Waals surface area contributed by atoms with Gasteiger partial charge in [0.1, 0.15) is 11.4 Å². The van der Waals surface area contributed by atoms with Crippen LogP contribution in [0.5, 0.6) is 0 Å². The smallest absolute Gasteiger partial charge is 0.410 e. The Hall–Kier alpha value is -2.09. The second-order valence-corrected chi connectivity index (χ2v) is 11.9. The van der Waals surface area contributed by atoms with E-state index in [0.29, 0.717) is 32.0 Å². The maximum Gasteiger partial charge on any atom is 0.410 e. The maximum absolute atomic E-state index is 12.8. The van der Waals surface area contributed by atoms with E-state index in [1.54, 1.807) is 16.7 Å². The number of hydrogen-bond acceptors (Lipinski definition) is 9. The lowest BCUT2D eigenvalue weighted by atomic mass is 10.0. The Kier molecular flexibility index (Phi) is 8.09. The number of hydrogen-bond donors (Lipinski definition) is 0. The molecule has 4 heterocycles. The first-order valence-electron chi connectivity index (χ1n) is 12.7. The van der Waals surface area contributed by atoms with Gasteiger partial charge in [-0.15, -0.1) is 0 Å². The highest BCUT2D eigenvalue weighted by Gasteiger charge is 2.33. The summed E-state index contributed by atoms with van der Waals surface area (Å²) < 4.78 is 5.63. The zero-order chi connectivity index (χ0) is 25.2. The molecule has 3 aliphatic rings. The van der Waals surface area contributed by atoms with Crippen molar-refractivity contribution in [1.82, 2.24) is 24.7 Å². The molecule has 2 fully saturated rings. The quantitative estimate of drug-likeness (QED) is 0.446. The lowest BCUT2D eigenvalue weighted by Gasteiger charge is -2.40. The molecule has 192 valence electrons. The van der Waals surface area contributed by atoms with Crippen molar-refractivity contribution in [3.8, 4) is 6.07 Å². The lowest BCUT2D eigenvalue weighted by Crippen LogP contribution is -2.52. The molecule has 2 atom stereocenters. The number of likely N-dealkylation sites (N-methyl/N-ethyl adjacent to an activating group) is 1. The van der Waals surface area contributed by atoms with E-state index < -0.39 is 5.60 Å². The molecule has 0 spiro atoms. The predicted molar refractivity (Wildman–Crippen MR) is 138 cm³/mol. The van der Waals surface area contributed by atoms with Crippen molar-refractivity contribution in [2.24, 2.45) is 0 Å². The Morgan fingerprint density at radius 2 is 1.91 bits per heavy atom. The molecule has 4 rings (SSSR count). The average molecular weight is 502 g/mol. The van der Waals surface area contributed by atoms with Crippen molar-refractivity contribution in [2.75, 3.05) is 57.5 Å². The number of thioether (sulfide) groups is 1. The molecule has 0 radical (unpaired) electrons. The Labute approximate surface area is 213 Å². The van der Waals surface area contributed by atoms with Gasteiger partial charge in [-0.25, -0.2) is 14.8 Å². The number of anilines is 1. The molecule has 1 amide bonds. The molecule has 0 bridgehead atoms. The summed E-state index contributed by atoms with van der Waals surface area (Å²) in [4.78, 5) is 31.6. The minimum absolute atomic E-state index is 0.185. The SMILES string of the molecule is CN1CCC[C@H]1CSc1nc2c(c(N3CCN(C)[C@@H](CC#N)C3)n1)CCN(C(=O)OC(C)(C)C)C2. The third kappa shape index (κ3) is 6.38. The van der Waals surface area contributed by atoms with E-state index in [9.17, 15) is 10.1 Å². The monoisotopic (exact) mass is 501 g/mol. The minimum atomic E-state index is -0.530. The van der Waals surface area contributed by atoms with Crippen LogP contribution in [0.4, 0.5) is 10.6 Å². The fraction of sp³-hybridized carbons (Fsp3) is 0.760. The van der Waals surface area contributed by atoms with Crippen LogP contribution in [0.2, 0.25) is 0 Å². The molecule has 2 saturated heterocycles. The van der Waals surface area contributed by atoms with Crippen LogP contribution in [0.1, 0.15) is 51.3 Å². The molecule has 1 aromatic rings.